The standard InChI is InChI=1S/C22H21N3O3/c1-15(22(27)28)20-9-5-8-18(24-20)12-17(13-23)21(26)25(19-10-11-19)14-16-6-3-2-4-7-16/h2-9,12,15,19H,10-11,14H2,1H3,(H,27,28)/t15-/m0/s1. The lowest BCUT2D eigenvalue weighted by atomic mass is 10.1. The van der Waals surface area contributed by atoms with Gasteiger partial charge in [0.25, 0.3) is 5.91 Å². The Kier molecular flexibility index (Phi) is 5.85. The Balaban J connectivity index is 1.85. The van der Waals surface area contributed by atoms with Crippen LogP contribution in [0, 0.1) is 11.3 Å². The number of aromatic nitrogens is 1. The van der Waals surface area contributed by atoms with Gasteiger partial charge in [-0.2, -0.15) is 5.26 Å². The largest absolute Gasteiger partial charge is 0.481 e. The molecule has 0 saturated heterocycles. The van der Waals surface area contributed by atoms with E-state index in [0.29, 0.717) is 17.9 Å². The predicted octanol–water partition coefficient (Wildman–Crippen LogP) is 3.37. The van der Waals surface area contributed by atoms with E-state index in [-0.39, 0.29) is 17.5 Å². The molecule has 0 spiro atoms. The molecule has 1 N–H and O–H groups in total. The number of benzene rings is 1. The van der Waals surface area contributed by atoms with Crippen LogP contribution < -0.4 is 0 Å². The van der Waals surface area contributed by atoms with Crippen LogP contribution in [0.25, 0.3) is 6.08 Å². The third-order valence-electron chi connectivity index (χ3n) is 4.69. The van der Waals surface area contributed by atoms with Crippen molar-refractivity contribution in [1.29, 1.82) is 5.26 Å². The Morgan fingerprint density at radius 3 is 2.57 bits per heavy atom. The van der Waals surface area contributed by atoms with Crippen molar-refractivity contribution in [2.24, 2.45) is 0 Å². The molecule has 1 saturated carbocycles. The Hall–Kier alpha value is -3.46. The molecule has 1 atom stereocenters. The quantitative estimate of drug-likeness (QED) is 0.591. The van der Waals surface area contributed by atoms with Crippen molar-refractivity contribution in [3.8, 4) is 6.07 Å². The maximum atomic E-state index is 13.0. The minimum atomic E-state index is -0.979. The Morgan fingerprint density at radius 2 is 1.96 bits per heavy atom. The van der Waals surface area contributed by atoms with Crippen LogP contribution in [-0.4, -0.2) is 32.9 Å². The minimum absolute atomic E-state index is 0.00420. The SMILES string of the molecule is C[C@H](C(=O)O)c1cccc(C=C(C#N)C(=O)N(Cc2ccccc2)C2CC2)n1. The fourth-order valence-electron chi connectivity index (χ4n) is 2.89. The van der Waals surface area contributed by atoms with Gasteiger partial charge in [-0.05, 0) is 43.5 Å². The second kappa shape index (κ2) is 8.49. The lowest BCUT2D eigenvalue weighted by molar-refractivity contribution is -0.138. The van der Waals surface area contributed by atoms with Gasteiger partial charge in [-0.1, -0.05) is 36.4 Å². The monoisotopic (exact) mass is 375 g/mol. The smallest absolute Gasteiger partial charge is 0.312 e. The topological polar surface area (TPSA) is 94.3 Å². The van der Waals surface area contributed by atoms with E-state index in [1.165, 1.54) is 6.08 Å². The lowest BCUT2D eigenvalue weighted by Crippen LogP contribution is -2.33. The number of hydrogen-bond acceptors (Lipinski definition) is 4. The number of rotatable bonds is 7. The summed E-state index contributed by atoms with van der Waals surface area (Å²) in [6, 6.07) is 16.8. The first kappa shape index (κ1) is 19.3. The molecular formula is C22H21N3O3. The molecule has 0 radical (unpaired) electrons. The number of amides is 1. The summed E-state index contributed by atoms with van der Waals surface area (Å²) in [5.41, 5.74) is 1.78. The molecule has 1 aliphatic rings. The van der Waals surface area contributed by atoms with Gasteiger partial charge in [0, 0.05) is 12.6 Å². The third-order valence-corrected chi connectivity index (χ3v) is 4.69. The first-order valence-electron chi connectivity index (χ1n) is 9.16. The van der Waals surface area contributed by atoms with Gasteiger partial charge in [-0.25, -0.2) is 0 Å². The molecule has 2 aromatic rings. The minimum Gasteiger partial charge on any atom is -0.481 e. The highest BCUT2D eigenvalue weighted by atomic mass is 16.4. The zero-order chi connectivity index (χ0) is 20.1. The summed E-state index contributed by atoms with van der Waals surface area (Å²) < 4.78 is 0. The van der Waals surface area contributed by atoms with Crippen molar-refractivity contribution in [2.45, 2.75) is 38.3 Å². The van der Waals surface area contributed by atoms with Gasteiger partial charge in [0.1, 0.15) is 11.6 Å². The molecule has 0 bridgehead atoms. The average Bonchev–Trinajstić information content (AvgIpc) is 3.55. The number of aliphatic carboxylic acids is 1. The Bertz CT molecular complexity index is 943. The highest BCUT2D eigenvalue weighted by Crippen LogP contribution is 2.30. The highest BCUT2D eigenvalue weighted by Gasteiger charge is 2.34. The summed E-state index contributed by atoms with van der Waals surface area (Å²) in [7, 11) is 0. The number of carbonyl (C=O) groups excluding carboxylic acids is 1. The molecule has 1 amide bonds. The molecule has 0 aliphatic heterocycles. The molecule has 6 nitrogen and oxygen atoms in total. The summed E-state index contributed by atoms with van der Waals surface area (Å²) in [6.45, 7) is 2.00. The molecule has 1 aliphatic carbocycles. The van der Waals surface area contributed by atoms with Crippen LogP contribution >= 0.6 is 0 Å². The highest BCUT2D eigenvalue weighted by molar-refractivity contribution is 6.01. The maximum Gasteiger partial charge on any atom is 0.312 e. The number of nitriles is 1. The molecule has 28 heavy (non-hydrogen) atoms. The van der Waals surface area contributed by atoms with Crippen molar-refractivity contribution in [3.05, 3.63) is 71.1 Å². The number of carbonyl (C=O) groups is 2. The molecular weight excluding hydrogens is 354 g/mol. The summed E-state index contributed by atoms with van der Waals surface area (Å²) in [4.78, 5) is 30.2. The first-order chi connectivity index (χ1) is 13.5. The van der Waals surface area contributed by atoms with E-state index < -0.39 is 11.9 Å². The van der Waals surface area contributed by atoms with Gasteiger partial charge < -0.3 is 10.0 Å². The van der Waals surface area contributed by atoms with E-state index >= 15 is 0 Å². The molecule has 0 unspecified atom stereocenters. The van der Waals surface area contributed by atoms with Crippen molar-refractivity contribution in [2.75, 3.05) is 0 Å². The lowest BCUT2D eigenvalue weighted by Gasteiger charge is -2.22. The van der Waals surface area contributed by atoms with E-state index in [4.69, 9.17) is 5.11 Å². The van der Waals surface area contributed by atoms with Crippen LogP contribution in [0.15, 0.2) is 54.1 Å². The summed E-state index contributed by atoms with van der Waals surface area (Å²) in [5, 5.41) is 18.7. The fraction of sp³-hybridized carbons (Fsp3) is 0.273. The zero-order valence-corrected chi connectivity index (χ0v) is 15.6. The molecule has 142 valence electrons. The number of carboxylic acids is 1. The number of hydrogen-bond donors (Lipinski definition) is 1. The predicted molar refractivity (Wildman–Crippen MR) is 104 cm³/mol. The molecule has 6 heteroatoms. The van der Waals surface area contributed by atoms with Gasteiger partial charge in [0.05, 0.1) is 17.3 Å². The van der Waals surface area contributed by atoms with E-state index in [0.717, 1.165) is 18.4 Å². The fourth-order valence-corrected chi connectivity index (χ4v) is 2.89. The van der Waals surface area contributed by atoms with Crippen LogP contribution in [0.3, 0.4) is 0 Å². The number of carboxylic acid groups (broad SMARTS) is 1. The first-order valence-corrected chi connectivity index (χ1v) is 9.16. The van der Waals surface area contributed by atoms with Crippen molar-refractivity contribution in [3.63, 3.8) is 0 Å². The van der Waals surface area contributed by atoms with Crippen molar-refractivity contribution >= 4 is 18.0 Å². The van der Waals surface area contributed by atoms with Crippen molar-refractivity contribution < 1.29 is 14.7 Å². The number of pyridine rings is 1. The van der Waals surface area contributed by atoms with E-state index in [9.17, 15) is 14.9 Å². The second-order valence-electron chi connectivity index (χ2n) is 6.87. The van der Waals surface area contributed by atoms with Gasteiger partial charge in [-0.15, -0.1) is 0 Å². The summed E-state index contributed by atoms with van der Waals surface area (Å²) in [6.07, 6.45) is 3.29. The van der Waals surface area contributed by atoms with Crippen molar-refractivity contribution in [1.82, 2.24) is 9.88 Å². The van der Waals surface area contributed by atoms with Crippen LogP contribution in [0.4, 0.5) is 0 Å². The summed E-state index contributed by atoms with van der Waals surface area (Å²) >= 11 is 0. The molecule has 1 heterocycles. The maximum absolute atomic E-state index is 13.0. The van der Waals surface area contributed by atoms with Gasteiger partial charge >= 0.3 is 5.97 Å². The van der Waals surface area contributed by atoms with Crippen LogP contribution in [0.5, 0.6) is 0 Å². The van der Waals surface area contributed by atoms with Crippen LogP contribution in [0.1, 0.15) is 42.6 Å². The molecule has 3 rings (SSSR count). The Labute approximate surface area is 163 Å². The molecule has 1 aromatic heterocycles. The Morgan fingerprint density at radius 1 is 1.25 bits per heavy atom. The summed E-state index contributed by atoms with van der Waals surface area (Å²) in [5.74, 6) is -2.07. The van der Waals surface area contributed by atoms with Gasteiger partial charge in [0.15, 0.2) is 0 Å². The number of nitrogens with zero attached hydrogens (tertiary/aromatic N) is 3. The zero-order valence-electron chi connectivity index (χ0n) is 15.6. The van der Waals surface area contributed by atoms with E-state index in [1.54, 1.807) is 30.0 Å². The van der Waals surface area contributed by atoms with Gasteiger partial charge in [0.2, 0.25) is 0 Å². The van der Waals surface area contributed by atoms with E-state index in [2.05, 4.69) is 4.98 Å². The van der Waals surface area contributed by atoms with Gasteiger partial charge in [-0.3, -0.25) is 14.6 Å². The second-order valence-corrected chi connectivity index (χ2v) is 6.87. The normalized spacial score (nSPS) is 14.8. The average molecular weight is 375 g/mol. The molecule has 1 fully saturated rings. The van der Waals surface area contributed by atoms with Crippen LogP contribution in [0.2, 0.25) is 0 Å². The third kappa shape index (κ3) is 4.63. The van der Waals surface area contributed by atoms with Crippen LogP contribution in [-0.2, 0) is 16.1 Å². The molecule has 1 aromatic carbocycles. The van der Waals surface area contributed by atoms with E-state index in [1.807, 2.05) is 36.4 Å².